The number of hydrogen-bond acceptors (Lipinski definition) is 3. The summed E-state index contributed by atoms with van der Waals surface area (Å²) in [5.74, 6) is 0. The second-order valence-corrected chi connectivity index (χ2v) is 2.50. The molecule has 3 heteroatoms. The van der Waals surface area contributed by atoms with E-state index in [-0.39, 0.29) is 0 Å². The number of benzene rings is 1. The molecule has 0 saturated heterocycles. The Morgan fingerprint density at radius 1 is 1.57 bits per heavy atom. The van der Waals surface area contributed by atoms with E-state index >= 15 is 0 Å². The van der Waals surface area contributed by atoms with E-state index in [1.165, 1.54) is 12.7 Å². The SMILES string of the molecule is CCc1cccc(C#N)c1.COC=O. The Bertz CT molecular complexity index is 315. The molecule has 0 aliphatic heterocycles. The molecule has 0 aliphatic carbocycles. The van der Waals surface area contributed by atoms with Gasteiger partial charge in [0.2, 0.25) is 0 Å². The molecule has 0 fully saturated rings. The summed E-state index contributed by atoms with van der Waals surface area (Å²) < 4.78 is 3.86. The first-order chi connectivity index (χ1) is 6.78. The number of hydrogen-bond donors (Lipinski definition) is 0. The van der Waals surface area contributed by atoms with Crippen LogP contribution in [0.2, 0.25) is 0 Å². The number of aryl methyl sites for hydroxylation is 1. The minimum Gasteiger partial charge on any atom is -0.471 e. The lowest BCUT2D eigenvalue weighted by Crippen LogP contribution is -1.80. The van der Waals surface area contributed by atoms with Crippen LogP contribution < -0.4 is 0 Å². The highest BCUT2D eigenvalue weighted by atomic mass is 16.5. The second-order valence-electron chi connectivity index (χ2n) is 2.50. The van der Waals surface area contributed by atoms with E-state index in [9.17, 15) is 0 Å². The van der Waals surface area contributed by atoms with E-state index in [0.29, 0.717) is 6.47 Å². The molecule has 1 aromatic rings. The molecule has 0 aliphatic rings. The maximum Gasteiger partial charge on any atom is 0.292 e. The third-order valence-electron chi connectivity index (χ3n) is 1.56. The molecular weight excluding hydrogens is 178 g/mol. The third kappa shape index (κ3) is 4.94. The number of methoxy groups -OCH3 is 1. The van der Waals surface area contributed by atoms with Crippen molar-refractivity contribution in [2.24, 2.45) is 0 Å². The Balaban J connectivity index is 0.000000364. The molecule has 74 valence electrons. The third-order valence-corrected chi connectivity index (χ3v) is 1.56. The molecular formula is C11H13NO2. The van der Waals surface area contributed by atoms with E-state index in [0.717, 1.165) is 12.0 Å². The van der Waals surface area contributed by atoms with E-state index in [1.54, 1.807) is 0 Å². The quantitative estimate of drug-likeness (QED) is 0.671. The summed E-state index contributed by atoms with van der Waals surface area (Å²) in [6, 6.07) is 9.78. The maximum absolute atomic E-state index is 8.95. The van der Waals surface area contributed by atoms with Gasteiger partial charge in [0.15, 0.2) is 0 Å². The highest BCUT2D eigenvalue weighted by molar-refractivity contribution is 5.36. The molecule has 0 saturated carbocycles. The second kappa shape index (κ2) is 7.81. The molecule has 14 heavy (non-hydrogen) atoms. The Labute approximate surface area is 83.9 Å². The van der Waals surface area contributed by atoms with Gasteiger partial charge < -0.3 is 4.74 Å². The number of carbonyl (C=O) groups is 1. The summed E-state index contributed by atoms with van der Waals surface area (Å²) in [5.41, 5.74) is 1.97. The summed E-state index contributed by atoms with van der Waals surface area (Å²) in [6.45, 7) is 2.45. The monoisotopic (exact) mass is 191 g/mol. The zero-order valence-electron chi connectivity index (χ0n) is 8.36. The molecule has 0 amide bonds. The molecule has 1 aromatic carbocycles. The number of ether oxygens (including phenoxy) is 1. The van der Waals surface area contributed by atoms with Crippen LogP contribution in [0.25, 0.3) is 0 Å². The van der Waals surface area contributed by atoms with Crippen molar-refractivity contribution in [3.8, 4) is 6.07 Å². The minimum absolute atomic E-state index is 0.375. The van der Waals surface area contributed by atoms with Crippen molar-refractivity contribution < 1.29 is 9.53 Å². The molecule has 0 unspecified atom stereocenters. The highest BCUT2D eigenvalue weighted by Crippen LogP contribution is 2.03. The van der Waals surface area contributed by atoms with Gasteiger partial charge in [-0.1, -0.05) is 19.1 Å². The predicted molar refractivity (Wildman–Crippen MR) is 53.6 cm³/mol. The van der Waals surface area contributed by atoms with E-state index < -0.39 is 0 Å². The zero-order chi connectivity index (χ0) is 10.8. The highest BCUT2D eigenvalue weighted by Gasteiger charge is 1.89. The molecule has 0 atom stereocenters. The summed E-state index contributed by atoms with van der Waals surface area (Å²) in [5, 5.41) is 8.51. The van der Waals surface area contributed by atoms with Gasteiger partial charge in [0.05, 0.1) is 18.7 Å². The molecule has 0 radical (unpaired) electrons. The number of nitriles is 1. The van der Waals surface area contributed by atoms with Gasteiger partial charge in [0.1, 0.15) is 0 Å². The molecule has 0 spiro atoms. The van der Waals surface area contributed by atoms with Crippen LogP contribution in [0.1, 0.15) is 18.1 Å². The fourth-order valence-electron chi connectivity index (χ4n) is 0.861. The fourth-order valence-corrected chi connectivity index (χ4v) is 0.861. The van der Waals surface area contributed by atoms with Crippen LogP contribution in [0.3, 0.4) is 0 Å². The molecule has 0 bridgehead atoms. The van der Waals surface area contributed by atoms with Gasteiger partial charge in [0.25, 0.3) is 6.47 Å². The topological polar surface area (TPSA) is 50.1 Å². The van der Waals surface area contributed by atoms with Crippen LogP contribution in [0, 0.1) is 11.3 Å². The van der Waals surface area contributed by atoms with Crippen LogP contribution in [-0.4, -0.2) is 13.6 Å². The first-order valence-electron chi connectivity index (χ1n) is 4.24. The van der Waals surface area contributed by atoms with Gasteiger partial charge in [-0.25, -0.2) is 0 Å². The van der Waals surface area contributed by atoms with Crippen LogP contribution in [-0.2, 0) is 16.0 Å². The molecule has 1 rings (SSSR count). The van der Waals surface area contributed by atoms with E-state index in [2.05, 4.69) is 17.7 Å². The van der Waals surface area contributed by atoms with Gasteiger partial charge in [-0.2, -0.15) is 5.26 Å². The van der Waals surface area contributed by atoms with Crippen molar-refractivity contribution in [1.82, 2.24) is 0 Å². The van der Waals surface area contributed by atoms with Crippen molar-refractivity contribution in [3.05, 3.63) is 35.4 Å². The van der Waals surface area contributed by atoms with Crippen LogP contribution in [0.5, 0.6) is 0 Å². The number of nitrogens with zero attached hydrogens (tertiary/aromatic N) is 1. The van der Waals surface area contributed by atoms with Crippen molar-refractivity contribution in [1.29, 1.82) is 5.26 Å². The van der Waals surface area contributed by atoms with E-state index in [4.69, 9.17) is 10.1 Å². The van der Waals surface area contributed by atoms with Gasteiger partial charge in [-0.15, -0.1) is 0 Å². The van der Waals surface area contributed by atoms with Gasteiger partial charge >= 0.3 is 0 Å². The Morgan fingerprint density at radius 3 is 2.64 bits per heavy atom. The summed E-state index contributed by atoms with van der Waals surface area (Å²) in [7, 11) is 1.31. The van der Waals surface area contributed by atoms with Gasteiger partial charge in [0, 0.05) is 0 Å². The smallest absolute Gasteiger partial charge is 0.292 e. The van der Waals surface area contributed by atoms with Crippen molar-refractivity contribution in [2.45, 2.75) is 13.3 Å². The lowest BCUT2D eigenvalue weighted by atomic mass is 10.1. The average molecular weight is 191 g/mol. The van der Waals surface area contributed by atoms with Crippen molar-refractivity contribution in [2.75, 3.05) is 7.11 Å². The fraction of sp³-hybridized carbons (Fsp3) is 0.273. The van der Waals surface area contributed by atoms with Gasteiger partial charge in [-0.3, -0.25) is 4.79 Å². The first kappa shape index (κ1) is 12.2. The maximum atomic E-state index is 8.95. The molecule has 0 N–H and O–H groups in total. The summed E-state index contributed by atoms with van der Waals surface area (Å²) in [6.07, 6.45) is 0.996. The zero-order valence-corrected chi connectivity index (χ0v) is 8.36. The van der Waals surface area contributed by atoms with Crippen molar-refractivity contribution >= 4 is 6.47 Å². The summed E-state index contributed by atoms with van der Waals surface area (Å²) in [4.78, 5) is 8.95. The molecule has 3 nitrogen and oxygen atoms in total. The lowest BCUT2D eigenvalue weighted by molar-refractivity contribution is -0.126. The predicted octanol–water partition coefficient (Wildman–Crippen LogP) is 1.91. The Kier molecular flexibility index (Phi) is 6.79. The largest absolute Gasteiger partial charge is 0.471 e. The Morgan fingerprint density at radius 2 is 2.21 bits per heavy atom. The van der Waals surface area contributed by atoms with E-state index in [1.807, 2.05) is 24.3 Å². The number of rotatable bonds is 2. The Hall–Kier alpha value is -1.82. The van der Waals surface area contributed by atoms with Crippen LogP contribution >= 0.6 is 0 Å². The average Bonchev–Trinajstić information content (AvgIpc) is 2.29. The first-order valence-corrected chi connectivity index (χ1v) is 4.24. The minimum atomic E-state index is 0.375. The molecule has 0 aromatic heterocycles. The van der Waals surface area contributed by atoms with Crippen LogP contribution in [0.4, 0.5) is 0 Å². The molecule has 0 heterocycles. The number of carbonyl (C=O) groups excluding carboxylic acids is 1. The normalized spacial score (nSPS) is 7.79. The standard InChI is InChI=1S/C9H9N.C2H4O2/c1-2-8-4-3-5-9(6-8)7-10;1-4-2-3/h3-6H,2H2,1H3;2H,1H3. The van der Waals surface area contributed by atoms with Crippen molar-refractivity contribution in [3.63, 3.8) is 0 Å². The van der Waals surface area contributed by atoms with Gasteiger partial charge in [-0.05, 0) is 24.1 Å². The van der Waals surface area contributed by atoms with Crippen LogP contribution in [0.15, 0.2) is 24.3 Å². The lowest BCUT2D eigenvalue weighted by Gasteiger charge is -1.93. The summed E-state index contributed by atoms with van der Waals surface area (Å²) >= 11 is 0.